The topological polar surface area (TPSA) is 56.7 Å². The van der Waals surface area contributed by atoms with Crippen LogP contribution in [-0.4, -0.2) is 36.4 Å². The molecule has 1 unspecified atom stereocenters. The van der Waals surface area contributed by atoms with Gasteiger partial charge in [0.15, 0.2) is 5.96 Å². The SMILES string of the molecule is CCNC(=NCc1cccc(NC(C)=O)c1)N1CCC(c2ccccc2)C1. The second-order valence-electron chi connectivity index (χ2n) is 6.89. The van der Waals surface area contributed by atoms with Gasteiger partial charge in [0.05, 0.1) is 6.54 Å². The first-order chi connectivity index (χ1) is 13.2. The number of anilines is 1. The molecule has 1 heterocycles. The lowest BCUT2D eigenvalue weighted by molar-refractivity contribution is -0.114. The summed E-state index contributed by atoms with van der Waals surface area (Å²) in [4.78, 5) is 18.4. The summed E-state index contributed by atoms with van der Waals surface area (Å²) >= 11 is 0. The number of aliphatic imine (C=N–C) groups is 1. The minimum absolute atomic E-state index is 0.0620. The highest BCUT2D eigenvalue weighted by molar-refractivity contribution is 5.88. The van der Waals surface area contributed by atoms with Gasteiger partial charge in [-0.25, -0.2) is 4.99 Å². The van der Waals surface area contributed by atoms with E-state index in [1.165, 1.54) is 12.5 Å². The van der Waals surface area contributed by atoms with Crippen molar-refractivity contribution in [1.29, 1.82) is 0 Å². The molecule has 0 saturated carbocycles. The highest BCUT2D eigenvalue weighted by Crippen LogP contribution is 2.27. The van der Waals surface area contributed by atoms with Gasteiger partial charge in [0, 0.05) is 38.2 Å². The number of nitrogens with zero attached hydrogens (tertiary/aromatic N) is 2. The van der Waals surface area contributed by atoms with Crippen molar-refractivity contribution in [2.75, 3.05) is 25.0 Å². The fourth-order valence-electron chi connectivity index (χ4n) is 3.49. The number of rotatable bonds is 5. The summed E-state index contributed by atoms with van der Waals surface area (Å²) in [5, 5.41) is 6.24. The number of carbonyl (C=O) groups is 1. The van der Waals surface area contributed by atoms with Gasteiger partial charge in [0.1, 0.15) is 0 Å². The van der Waals surface area contributed by atoms with Gasteiger partial charge >= 0.3 is 0 Å². The van der Waals surface area contributed by atoms with Gasteiger partial charge < -0.3 is 15.5 Å². The van der Waals surface area contributed by atoms with E-state index in [4.69, 9.17) is 4.99 Å². The summed E-state index contributed by atoms with van der Waals surface area (Å²) in [6, 6.07) is 18.6. The summed E-state index contributed by atoms with van der Waals surface area (Å²) in [6.07, 6.45) is 1.15. The third-order valence-electron chi connectivity index (χ3n) is 4.75. The molecule has 0 aliphatic carbocycles. The lowest BCUT2D eigenvalue weighted by Gasteiger charge is -2.22. The zero-order valence-electron chi connectivity index (χ0n) is 16.1. The first kappa shape index (κ1) is 19.0. The van der Waals surface area contributed by atoms with Crippen molar-refractivity contribution in [2.45, 2.75) is 32.7 Å². The van der Waals surface area contributed by atoms with Crippen molar-refractivity contribution in [3.8, 4) is 0 Å². The Balaban J connectivity index is 1.67. The molecule has 5 heteroatoms. The number of hydrogen-bond acceptors (Lipinski definition) is 2. The van der Waals surface area contributed by atoms with Gasteiger partial charge in [-0.2, -0.15) is 0 Å². The van der Waals surface area contributed by atoms with E-state index in [9.17, 15) is 4.79 Å². The molecule has 0 radical (unpaired) electrons. The molecule has 2 aromatic rings. The predicted molar refractivity (Wildman–Crippen MR) is 111 cm³/mol. The number of likely N-dealkylation sites (tertiary alicyclic amines) is 1. The highest BCUT2D eigenvalue weighted by atomic mass is 16.1. The standard InChI is InChI=1S/C22H28N4O/c1-3-23-22(24-15-18-8-7-11-21(14-18)25-17(2)27)26-13-12-20(16-26)19-9-5-4-6-10-19/h4-11,14,20H,3,12-13,15-16H2,1-2H3,(H,23,24)(H,25,27). The van der Waals surface area contributed by atoms with Crippen LogP contribution in [0.3, 0.4) is 0 Å². The lowest BCUT2D eigenvalue weighted by Crippen LogP contribution is -2.40. The van der Waals surface area contributed by atoms with Gasteiger partial charge in [0.2, 0.25) is 5.91 Å². The molecule has 1 fully saturated rings. The van der Waals surface area contributed by atoms with Crippen LogP contribution < -0.4 is 10.6 Å². The van der Waals surface area contributed by atoms with Gasteiger partial charge in [-0.3, -0.25) is 4.79 Å². The molecule has 1 aliphatic heterocycles. The van der Waals surface area contributed by atoms with Crippen molar-refractivity contribution in [3.63, 3.8) is 0 Å². The Morgan fingerprint density at radius 2 is 2.00 bits per heavy atom. The van der Waals surface area contributed by atoms with Gasteiger partial charge in [-0.05, 0) is 36.6 Å². The lowest BCUT2D eigenvalue weighted by atomic mass is 9.99. The van der Waals surface area contributed by atoms with Crippen LogP contribution in [0.4, 0.5) is 5.69 Å². The molecule has 3 rings (SSSR count). The summed E-state index contributed by atoms with van der Waals surface area (Å²) < 4.78 is 0. The molecule has 0 aromatic heterocycles. The van der Waals surface area contributed by atoms with E-state index in [0.29, 0.717) is 12.5 Å². The van der Waals surface area contributed by atoms with Gasteiger partial charge in [0.25, 0.3) is 0 Å². The molecule has 0 bridgehead atoms. The molecule has 2 N–H and O–H groups in total. The number of benzene rings is 2. The molecular formula is C22H28N4O. The second kappa shape index (κ2) is 9.21. The van der Waals surface area contributed by atoms with Crippen LogP contribution in [0.2, 0.25) is 0 Å². The van der Waals surface area contributed by atoms with E-state index < -0.39 is 0 Å². The van der Waals surface area contributed by atoms with Crippen LogP contribution >= 0.6 is 0 Å². The van der Waals surface area contributed by atoms with E-state index in [0.717, 1.165) is 43.3 Å². The number of carbonyl (C=O) groups excluding carboxylic acids is 1. The Morgan fingerprint density at radius 1 is 1.19 bits per heavy atom. The first-order valence-corrected chi connectivity index (χ1v) is 9.60. The predicted octanol–water partition coefficient (Wildman–Crippen LogP) is 3.60. The van der Waals surface area contributed by atoms with Crippen LogP contribution in [0.5, 0.6) is 0 Å². The number of amides is 1. The maximum atomic E-state index is 11.2. The Bertz CT molecular complexity index is 788. The normalized spacial score (nSPS) is 17.0. The Morgan fingerprint density at radius 3 is 2.74 bits per heavy atom. The van der Waals surface area contributed by atoms with Crippen molar-refractivity contribution in [1.82, 2.24) is 10.2 Å². The number of nitrogens with one attached hydrogen (secondary N) is 2. The third-order valence-corrected chi connectivity index (χ3v) is 4.75. The second-order valence-corrected chi connectivity index (χ2v) is 6.89. The van der Waals surface area contributed by atoms with E-state index in [-0.39, 0.29) is 5.91 Å². The summed E-state index contributed by atoms with van der Waals surface area (Å²) in [5.74, 6) is 1.45. The van der Waals surface area contributed by atoms with Crippen molar-refractivity contribution in [3.05, 3.63) is 65.7 Å². The summed E-state index contributed by atoms with van der Waals surface area (Å²) in [7, 11) is 0. The van der Waals surface area contributed by atoms with Crippen LogP contribution in [0, 0.1) is 0 Å². The molecule has 1 saturated heterocycles. The quantitative estimate of drug-likeness (QED) is 0.630. The van der Waals surface area contributed by atoms with Crippen LogP contribution in [-0.2, 0) is 11.3 Å². The van der Waals surface area contributed by atoms with Gasteiger partial charge in [-0.1, -0.05) is 42.5 Å². The molecule has 2 aromatic carbocycles. The molecular weight excluding hydrogens is 336 g/mol. The minimum Gasteiger partial charge on any atom is -0.357 e. The van der Waals surface area contributed by atoms with Crippen LogP contribution in [0.25, 0.3) is 0 Å². The van der Waals surface area contributed by atoms with E-state index in [1.54, 1.807) is 0 Å². The van der Waals surface area contributed by atoms with Crippen LogP contribution in [0.1, 0.15) is 37.3 Å². The molecule has 142 valence electrons. The Labute approximate surface area is 161 Å². The Hall–Kier alpha value is -2.82. The van der Waals surface area contributed by atoms with Gasteiger partial charge in [-0.15, -0.1) is 0 Å². The minimum atomic E-state index is -0.0620. The average Bonchev–Trinajstić information content (AvgIpc) is 3.16. The fourth-order valence-corrected chi connectivity index (χ4v) is 3.49. The largest absolute Gasteiger partial charge is 0.357 e. The molecule has 27 heavy (non-hydrogen) atoms. The van der Waals surface area contributed by atoms with Crippen molar-refractivity contribution < 1.29 is 4.79 Å². The molecule has 1 atom stereocenters. The maximum absolute atomic E-state index is 11.2. The maximum Gasteiger partial charge on any atom is 0.221 e. The smallest absolute Gasteiger partial charge is 0.221 e. The van der Waals surface area contributed by atoms with Crippen LogP contribution in [0.15, 0.2) is 59.6 Å². The monoisotopic (exact) mass is 364 g/mol. The summed E-state index contributed by atoms with van der Waals surface area (Å²) in [6.45, 7) is 7.04. The third kappa shape index (κ3) is 5.33. The molecule has 1 aliphatic rings. The fraction of sp³-hybridized carbons (Fsp3) is 0.364. The van der Waals surface area contributed by atoms with E-state index in [1.807, 2.05) is 24.3 Å². The summed E-state index contributed by atoms with van der Waals surface area (Å²) in [5.41, 5.74) is 3.29. The zero-order chi connectivity index (χ0) is 19.1. The average molecular weight is 364 g/mol. The molecule has 0 spiro atoms. The zero-order valence-corrected chi connectivity index (χ0v) is 16.1. The molecule has 1 amide bonds. The van der Waals surface area contributed by atoms with E-state index in [2.05, 4.69) is 52.8 Å². The Kier molecular flexibility index (Phi) is 6.47. The van der Waals surface area contributed by atoms with E-state index >= 15 is 0 Å². The van der Waals surface area contributed by atoms with Crippen molar-refractivity contribution in [2.24, 2.45) is 4.99 Å². The number of guanidine groups is 1. The first-order valence-electron chi connectivity index (χ1n) is 9.60. The van der Waals surface area contributed by atoms with Crippen molar-refractivity contribution >= 4 is 17.6 Å². The number of hydrogen-bond donors (Lipinski definition) is 2. The highest BCUT2D eigenvalue weighted by Gasteiger charge is 2.25. The molecule has 5 nitrogen and oxygen atoms in total.